The van der Waals surface area contributed by atoms with E-state index >= 15 is 0 Å². The Morgan fingerprint density at radius 3 is 2.88 bits per heavy atom. The first-order valence-corrected chi connectivity index (χ1v) is 4.44. The van der Waals surface area contributed by atoms with Crippen molar-refractivity contribution >= 4 is 5.97 Å². The van der Waals surface area contributed by atoms with Crippen molar-refractivity contribution in [1.82, 2.24) is 5.16 Å². The summed E-state index contributed by atoms with van der Waals surface area (Å²) in [4.78, 5) is 10.5. The van der Waals surface area contributed by atoms with E-state index in [1.165, 1.54) is 12.1 Å². The monoisotopic (exact) mass is 221 g/mol. The van der Waals surface area contributed by atoms with Gasteiger partial charge in [0.05, 0.1) is 0 Å². The molecule has 1 heterocycles. The number of rotatable bonds is 6. The maximum atomic E-state index is 10.5. The zero-order valence-corrected chi connectivity index (χ0v) is 8.55. The second-order valence-corrected chi connectivity index (χ2v) is 2.78. The molecule has 0 spiro atoms. The SMILES string of the molecule is C=C/C=C(\C=C)OCc1cc(C(=O)O)no1. The molecule has 0 radical (unpaired) electrons. The highest BCUT2D eigenvalue weighted by atomic mass is 16.5. The second kappa shape index (κ2) is 5.55. The van der Waals surface area contributed by atoms with E-state index in [9.17, 15) is 4.79 Å². The lowest BCUT2D eigenvalue weighted by Gasteiger charge is -2.02. The van der Waals surface area contributed by atoms with E-state index in [1.54, 1.807) is 12.2 Å². The van der Waals surface area contributed by atoms with Gasteiger partial charge in [0, 0.05) is 6.07 Å². The number of carbonyl (C=O) groups is 1. The summed E-state index contributed by atoms with van der Waals surface area (Å²) in [5.74, 6) is -0.293. The molecule has 0 aliphatic rings. The molecule has 0 atom stereocenters. The Labute approximate surface area is 92.3 Å². The van der Waals surface area contributed by atoms with Crippen LogP contribution in [0.3, 0.4) is 0 Å². The van der Waals surface area contributed by atoms with Crippen molar-refractivity contribution in [3.05, 3.63) is 54.7 Å². The lowest BCUT2D eigenvalue weighted by Crippen LogP contribution is -1.95. The molecule has 0 aliphatic heterocycles. The predicted octanol–water partition coefficient (Wildman–Crippen LogP) is 2.15. The number of hydrogen-bond donors (Lipinski definition) is 1. The van der Waals surface area contributed by atoms with Crippen molar-refractivity contribution in [2.24, 2.45) is 0 Å². The van der Waals surface area contributed by atoms with Gasteiger partial charge in [0.15, 0.2) is 11.5 Å². The highest BCUT2D eigenvalue weighted by Gasteiger charge is 2.10. The third-order valence-corrected chi connectivity index (χ3v) is 1.64. The Bertz CT molecular complexity index is 431. The van der Waals surface area contributed by atoms with E-state index in [4.69, 9.17) is 14.4 Å². The highest BCUT2D eigenvalue weighted by Crippen LogP contribution is 2.08. The maximum Gasteiger partial charge on any atom is 0.358 e. The van der Waals surface area contributed by atoms with E-state index in [0.29, 0.717) is 11.5 Å². The minimum atomic E-state index is -1.14. The quantitative estimate of drug-likeness (QED) is 0.588. The molecule has 1 aromatic heterocycles. The normalized spacial score (nSPS) is 10.9. The van der Waals surface area contributed by atoms with Gasteiger partial charge in [-0.3, -0.25) is 0 Å². The number of nitrogens with zero attached hydrogens (tertiary/aromatic N) is 1. The Balaban J connectivity index is 2.60. The van der Waals surface area contributed by atoms with Crippen molar-refractivity contribution in [2.45, 2.75) is 6.61 Å². The second-order valence-electron chi connectivity index (χ2n) is 2.78. The topological polar surface area (TPSA) is 72.6 Å². The van der Waals surface area contributed by atoms with Gasteiger partial charge in [0.2, 0.25) is 0 Å². The minimum Gasteiger partial charge on any atom is -0.486 e. The molecule has 0 bridgehead atoms. The summed E-state index contributed by atoms with van der Waals surface area (Å²) in [6, 6.07) is 1.30. The van der Waals surface area contributed by atoms with E-state index in [-0.39, 0.29) is 12.3 Å². The summed E-state index contributed by atoms with van der Waals surface area (Å²) in [6.07, 6.45) is 4.69. The smallest absolute Gasteiger partial charge is 0.358 e. The molecule has 5 heteroatoms. The zero-order chi connectivity index (χ0) is 12.0. The fraction of sp³-hybridized carbons (Fsp3) is 0.0909. The molecule has 1 rings (SSSR count). The Kier molecular flexibility index (Phi) is 4.08. The zero-order valence-electron chi connectivity index (χ0n) is 8.55. The maximum absolute atomic E-state index is 10.5. The number of hydrogen-bond acceptors (Lipinski definition) is 4. The molecular formula is C11H11NO4. The first-order chi connectivity index (χ1) is 7.67. The minimum absolute atomic E-state index is 0.0893. The Morgan fingerprint density at radius 2 is 2.38 bits per heavy atom. The third kappa shape index (κ3) is 3.13. The van der Waals surface area contributed by atoms with Crippen molar-refractivity contribution in [1.29, 1.82) is 0 Å². The standard InChI is InChI=1S/C11H11NO4/c1-3-5-8(4-2)15-7-9-6-10(11(13)14)12-16-9/h3-6H,1-2,7H2,(H,13,14)/b8-5+. The Hall–Kier alpha value is -2.30. The van der Waals surface area contributed by atoms with Gasteiger partial charge < -0.3 is 14.4 Å². The number of aromatic nitrogens is 1. The largest absolute Gasteiger partial charge is 0.486 e. The molecule has 0 fully saturated rings. The first-order valence-electron chi connectivity index (χ1n) is 4.44. The van der Waals surface area contributed by atoms with Gasteiger partial charge in [0.1, 0.15) is 12.4 Å². The number of aromatic carboxylic acids is 1. The number of ether oxygens (including phenoxy) is 1. The number of carboxylic acid groups (broad SMARTS) is 1. The van der Waals surface area contributed by atoms with Crippen LogP contribution in [0, 0.1) is 0 Å². The van der Waals surface area contributed by atoms with E-state index in [2.05, 4.69) is 18.3 Å². The van der Waals surface area contributed by atoms with Gasteiger partial charge in [0.25, 0.3) is 0 Å². The lowest BCUT2D eigenvalue weighted by atomic mass is 10.3. The van der Waals surface area contributed by atoms with Crippen LogP contribution in [0.1, 0.15) is 16.2 Å². The van der Waals surface area contributed by atoms with Crippen LogP contribution in [0.4, 0.5) is 0 Å². The average Bonchev–Trinajstić information content (AvgIpc) is 2.73. The van der Waals surface area contributed by atoms with Crippen molar-refractivity contribution in [2.75, 3.05) is 0 Å². The summed E-state index contributed by atoms with van der Waals surface area (Å²) < 4.78 is 10.0. The molecule has 16 heavy (non-hydrogen) atoms. The van der Waals surface area contributed by atoms with Gasteiger partial charge in [-0.2, -0.15) is 0 Å². The number of carboxylic acids is 1. The molecule has 0 saturated heterocycles. The van der Waals surface area contributed by atoms with Crippen LogP contribution in [0.25, 0.3) is 0 Å². The molecule has 1 aromatic rings. The van der Waals surface area contributed by atoms with Crippen molar-refractivity contribution in [3.63, 3.8) is 0 Å². The van der Waals surface area contributed by atoms with Gasteiger partial charge in [-0.15, -0.1) is 0 Å². The summed E-state index contributed by atoms with van der Waals surface area (Å²) >= 11 is 0. The molecule has 0 amide bonds. The van der Waals surface area contributed by atoms with Gasteiger partial charge in [-0.05, 0) is 12.2 Å². The highest BCUT2D eigenvalue weighted by molar-refractivity contribution is 5.85. The van der Waals surface area contributed by atoms with Crippen LogP contribution in [-0.4, -0.2) is 16.2 Å². The van der Waals surface area contributed by atoms with E-state index in [1.807, 2.05) is 0 Å². The summed E-state index contributed by atoms with van der Waals surface area (Å²) in [5.41, 5.74) is -0.147. The third-order valence-electron chi connectivity index (χ3n) is 1.64. The van der Waals surface area contributed by atoms with Crippen LogP contribution in [-0.2, 0) is 11.3 Å². The van der Waals surface area contributed by atoms with Gasteiger partial charge in [-0.25, -0.2) is 4.79 Å². The first kappa shape index (κ1) is 11.8. The van der Waals surface area contributed by atoms with Crippen LogP contribution in [0.15, 0.2) is 47.7 Å². The fourth-order valence-corrected chi connectivity index (χ4v) is 0.927. The van der Waals surface area contributed by atoms with E-state index < -0.39 is 5.97 Å². The van der Waals surface area contributed by atoms with Crippen molar-refractivity contribution in [3.8, 4) is 0 Å². The summed E-state index contributed by atoms with van der Waals surface area (Å²) in [5, 5.41) is 11.9. The molecular weight excluding hydrogens is 210 g/mol. The summed E-state index contributed by atoms with van der Waals surface area (Å²) in [7, 11) is 0. The van der Waals surface area contributed by atoms with Crippen molar-refractivity contribution < 1.29 is 19.2 Å². The van der Waals surface area contributed by atoms with Gasteiger partial charge >= 0.3 is 5.97 Å². The summed E-state index contributed by atoms with van der Waals surface area (Å²) in [6.45, 7) is 7.15. The Morgan fingerprint density at radius 1 is 1.62 bits per heavy atom. The predicted molar refractivity (Wildman–Crippen MR) is 56.7 cm³/mol. The molecule has 1 N–H and O–H groups in total. The van der Waals surface area contributed by atoms with Crippen LogP contribution in [0.2, 0.25) is 0 Å². The number of allylic oxidation sites excluding steroid dienone is 3. The van der Waals surface area contributed by atoms with Crippen LogP contribution >= 0.6 is 0 Å². The molecule has 84 valence electrons. The van der Waals surface area contributed by atoms with E-state index in [0.717, 1.165) is 0 Å². The van der Waals surface area contributed by atoms with Gasteiger partial charge in [-0.1, -0.05) is 24.4 Å². The molecule has 0 aliphatic carbocycles. The molecule has 0 unspecified atom stereocenters. The molecule has 0 aromatic carbocycles. The van der Waals surface area contributed by atoms with Crippen LogP contribution < -0.4 is 0 Å². The van der Waals surface area contributed by atoms with Crippen LogP contribution in [0.5, 0.6) is 0 Å². The molecule has 0 saturated carbocycles. The lowest BCUT2D eigenvalue weighted by molar-refractivity contribution is 0.0685. The average molecular weight is 221 g/mol. The fourth-order valence-electron chi connectivity index (χ4n) is 0.927. The molecule has 5 nitrogen and oxygen atoms in total.